The number of allylic oxidation sites excluding steroid dienone is 2. The Bertz CT molecular complexity index is 2620. The molecule has 10 rings (SSSR count). The van der Waals surface area contributed by atoms with Gasteiger partial charge in [-0.1, -0.05) is 73.3 Å². The quantitative estimate of drug-likeness (QED) is 0.214. The second-order valence-electron chi connectivity index (χ2n) is 11.3. The molecule has 1 unspecified atom stereocenters. The Morgan fingerprint density at radius 2 is 1.56 bits per heavy atom. The van der Waals surface area contributed by atoms with Gasteiger partial charge in [0.15, 0.2) is 0 Å². The molecule has 0 saturated heterocycles. The van der Waals surface area contributed by atoms with Crippen LogP contribution in [0.3, 0.4) is 0 Å². The molecule has 2 aliphatic rings. The Morgan fingerprint density at radius 3 is 2.51 bits per heavy atom. The smallest absolute Gasteiger partial charge is 0.136 e. The van der Waals surface area contributed by atoms with Crippen molar-refractivity contribution in [3.63, 3.8) is 0 Å². The lowest BCUT2D eigenvalue weighted by Gasteiger charge is -2.24. The highest BCUT2D eigenvalue weighted by atomic mass is 32.1. The molecule has 8 aromatic rings. The van der Waals surface area contributed by atoms with Crippen molar-refractivity contribution < 1.29 is 4.42 Å². The molecule has 0 spiro atoms. The molecule has 3 aromatic heterocycles. The van der Waals surface area contributed by atoms with Gasteiger partial charge >= 0.3 is 0 Å². The van der Waals surface area contributed by atoms with Crippen LogP contribution in [0.1, 0.15) is 5.56 Å². The molecule has 1 aliphatic carbocycles. The summed E-state index contributed by atoms with van der Waals surface area (Å²) in [6.07, 6.45) is 8.34. The highest BCUT2D eigenvalue weighted by molar-refractivity contribution is 7.26. The zero-order chi connectivity index (χ0) is 28.2. The average molecular weight is 570 g/mol. The Balaban J connectivity index is 1.33. The predicted molar refractivity (Wildman–Crippen MR) is 182 cm³/mol. The van der Waals surface area contributed by atoms with Crippen LogP contribution in [0.15, 0.2) is 131 Å². The molecule has 5 heteroatoms. The number of furan rings is 1. The predicted octanol–water partition coefficient (Wildman–Crippen LogP) is 10.0. The maximum atomic E-state index is 6.25. The van der Waals surface area contributed by atoms with Gasteiger partial charge in [-0.2, -0.15) is 5.10 Å². The van der Waals surface area contributed by atoms with Gasteiger partial charge < -0.3 is 9.73 Å². The summed E-state index contributed by atoms with van der Waals surface area (Å²) < 4.78 is 10.9. The van der Waals surface area contributed by atoms with Crippen molar-refractivity contribution in [2.75, 3.05) is 0 Å². The summed E-state index contributed by atoms with van der Waals surface area (Å²) in [7, 11) is 0. The molecular formula is C38H23N3OS. The lowest BCUT2D eigenvalue weighted by molar-refractivity contribution is 0.669. The minimum absolute atomic E-state index is 0.0361. The fourth-order valence-corrected chi connectivity index (χ4v) is 8.10. The summed E-state index contributed by atoms with van der Waals surface area (Å²) >= 11 is 1.84. The van der Waals surface area contributed by atoms with Crippen molar-refractivity contribution in [1.29, 1.82) is 0 Å². The second kappa shape index (κ2) is 8.34. The lowest BCUT2D eigenvalue weighted by atomic mass is 9.97. The van der Waals surface area contributed by atoms with E-state index in [0.29, 0.717) is 0 Å². The summed E-state index contributed by atoms with van der Waals surface area (Å²) in [5.41, 5.74) is 9.20. The molecule has 1 aliphatic heterocycles. The first-order valence-electron chi connectivity index (χ1n) is 14.4. The van der Waals surface area contributed by atoms with Gasteiger partial charge in [-0.25, -0.2) is 4.68 Å². The van der Waals surface area contributed by atoms with Gasteiger partial charge in [0, 0.05) is 53.0 Å². The first-order valence-corrected chi connectivity index (χ1v) is 15.3. The number of aromatic nitrogens is 1. The monoisotopic (exact) mass is 569 g/mol. The van der Waals surface area contributed by atoms with Crippen molar-refractivity contribution in [3.8, 4) is 11.1 Å². The standard InChI is InChI=1S/C38H23N3OS/c1-21-27-20-35-36(26-9-3-7-13-34(26)43-35)37-28-18-22(23-14-16-25-24-8-2-6-12-32(24)42-33(25)19-23)15-17-31(28)41(38(27)37)40-30-11-5-4-10-29(30)39-21/h2-20,29,39H,1H2/b40-30-. The summed E-state index contributed by atoms with van der Waals surface area (Å²) in [4.78, 5) is 0. The van der Waals surface area contributed by atoms with Gasteiger partial charge in [0.05, 0.1) is 22.8 Å². The number of nitrogens with one attached hydrogen (secondary N) is 1. The highest BCUT2D eigenvalue weighted by Gasteiger charge is 2.26. The van der Waals surface area contributed by atoms with Crippen LogP contribution in [0, 0.1) is 0 Å². The molecule has 0 bridgehead atoms. The fraction of sp³-hybridized carbons (Fsp3) is 0.0263. The number of benzene rings is 5. The van der Waals surface area contributed by atoms with Crippen molar-refractivity contribution >= 4 is 86.7 Å². The average Bonchev–Trinajstić information content (AvgIpc) is 3.69. The molecule has 43 heavy (non-hydrogen) atoms. The molecule has 202 valence electrons. The Kier molecular flexibility index (Phi) is 4.50. The minimum atomic E-state index is -0.0361. The molecule has 1 atom stereocenters. The van der Waals surface area contributed by atoms with E-state index < -0.39 is 0 Å². The Labute approximate surface area is 250 Å². The highest BCUT2D eigenvalue weighted by Crippen LogP contribution is 2.46. The Morgan fingerprint density at radius 1 is 0.744 bits per heavy atom. The molecule has 4 heterocycles. The third kappa shape index (κ3) is 3.17. The van der Waals surface area contributed by atoms with E-state index >= 15 is 0 Å². The van der Waals surface area contributed by atoms with Crippen LogP contribution in [0.2, 0.25) is 0 Å². The van der Waals surface area contributed by atoms with Gasteiger partial charge in [0.1, 0.15) is 11.2 Å². The van der Waals surface area contributed by atoms with E-state index in [4.69, 9.17) is 9.52 Å². The summed E-state index contributed by atoms with van der Waals surface area (Å²) in [6, 6.07) is 32.5. The number of thiophene rings is 1. The number of fused-ring (bicyclic) bond motifs is 11. The van der Waals surface area contributed by atoms with Gasteiger partial charge in [0.2, 0.25) is 0 Å². The van der Waals surface area contributed by atoms with E-state index in [1.165, 1.54) is 30.9 Å². The van der Waals surface area contributed by atoms with Gasteiger partial charge in [-0.3, -0.25) is 0 Å². The van der Waals surface area contributed by atoms with E-state index in [9.17, 15) is 0 Å². The number of rotatable bonds is 1. The normalized spacial score (nSPS) is 17.5. The first kappa shape index (κ1) is 23.2. The van der Waals surface area contributed by atoms with Crippen LogP contribution < -0.4 is 5.32 Å². The van der Waals surface area contributed by atoms with Crippen molar-refractivity contribution in [2.45, 2.75) is 6.04 Å². The third-order valence-corrected chi connectivity index (χ3v) is 10.0. The lowest BCUT2D eigenvalue weighted by Crippen LogP contribution is -2.35. The number of hydrogen-bond donors (Lipinski definition) is 1. The van der Waals surface area contributed by atoms with E-state index in [-0.39, 0.29) is 6.04 Å². The second-order valence-corrected chi connectivity index (χ2v) is 12.4. The van der Waals surface area contributed by atoms with E-state index in [2.05, 4.69) is 114 Å². The van der Waals surface area contributed by atoms with E-state index in [1.54, 1.807) is 0 Å². The van der Waals surface area contributed by atoms with E-state index in [1.807, 2.05) is 29.5 Å². The van der Waals surface area contributed by atoms with Gasteiger partial charge in [0.25, 0.3) is 0 Å². The number of hydrogen-bond acceptors (Lipinski definition) is 4. The third-order valence-electron chi connectivity index (χ3n) is 8.93. The molecule has 5 aromatic carbocycles. The van der Waals surface area contributed by atoms with Crippen LogP contribution >= 0.6 is 11.3 Å². The number of nitrogens with zero attached hydrogens (tertiary/aromatic N) is 2. The largest absolute Gasteiger partial charge is 0.456 e. The molecule has 0 radical (unpaired) electrons. The molecule has 1 N–H and O–H groups in total. The zero-order valence-electron chi connectivity index (χ0n) is 23.0. The number of para-hydroxylation sites is 1. The summed E-state index contributed by atoms with van der Waals surface area (Å²) in [6.45, 7) is 4.53. The molecule has 0 fully saturated rings. The molecule has 0 amide bonds. The zero-order valence-corrected chi connectivity index (χ0v) is 23.8. The maximum Gasteiger partial charge on any atom is 0.136 e. The van der Waals surface area contributed by atoms with Crippen molar-refractivity contribution in [1.82, 2.24) is 9.99 Å². The SMILES string of the molecule is C=C1NC2C=CC=C/C2=N/n2c3ccc(-c4ccc5c(c4)oc4ccccc45)cc3c3c4c(cc1c32)sc1ccccc14. The first-order chi connectivity index (χ1) is 21.2. The van der Waals surface area contributed by atoms with E-state index in [0.717, 1.165) is 61.1 Å². The van der Waals surface area contributed by atoms with Crippen LogP contribution in [0.5, 0.6) is 0 Å². The summed E-state index contributed by atoms with van der Waals surface area (Å²) in [5, 5.41) is 16.2. The van der Waals surface area contributed by atoms with Crippen LogP contribution in [-0.4, -0.2) is 16.4 Å². The maximum absolute atomic E-state index is 6.25. The van der Waals surface area contributed by atoms with Crippen molar-refractivity contribution in [3.05, 3.63) is 127 Å². The van der Waals surface area contributed by atoms with Crippen LogP contribution in [0.4, 0.5) is 0 Å². The topological polar surface area (TPSA) is 42.5 Å². The summed E-state index contributed by atoms with van der Waals surface area (Å²) in [5.74, 6) is 0. The van der Waals surface area contributed by atoms with Crippen molar-refractivity contribution in [2.24, 2.45) is 5.10 Å². The van der Waals surface area contributed by atoms with Gasteiger partial charge in [-0.05, 0) is 59.7 Å². The fourth-order valence-electron chi connectivity index (χ4n) is 6.95. The Hall–Kier alpha value is -5.39. The van der Waals surface area contributed by atoms with Crippen LogP contribution in [0.25, 0.3) is 80.7 Å². The van der Waals surface area contributed by atoms with Crippen LogP contribution in [-0.2, 0) is 0 Å². The molecular weight excluding hydrogens is 547 g/mol. The van der Waals surface area contributed by atoms with Gasteiger partial charge in [-0.15, -0.1) is 11.3 Å². The molecule has 0 saturated carbocycles. The minimum Gasteiger partial charge on any atom is -0.456 e. The molecule has 4 nitrogen and oxygen atoms in total.